The highest BCUT2D eigenvalue weighted by molar-refractivity contribution is 6.05. The number of carbonyl (C=O) groups is 4. The van der Waals surface area contributed by atoms with Crippen molar-refractivity contribution in [1.82, 2.24) is 0 Å². The van der Waals surface area contributed by atoms with Crippen molar-refractivity contribution in [3.05, 3.63) is 47.1 Å². The third kappa shape index (κ3) is 6.43. The first-order valence-corrected chi connectivity index (χ1v) is 7.94. The normalized spacial score (nSPS) is 10.7. The molecule has 2 amide bonds. The van der Waals surface area contributed by atoms with Crippen LogP contribution >= 0.6 is 0 Å². The zero-order valence-electron chi connectivity index (χ0n) is 15.8. The summed E-state index contributed by atoms with van der Waals surface area (Å²) in [4.78, 5) is 46.0. The predicted molar refractivity (Wildman–Crippen MR) is 100 cm³/mol. The molecule has 0 heterocycles. The Bertz CT molecular complexity index is 824. The molecule has 27 heavy (non-hydrogen) atoms. The highest BCUT2D eigenvalue weighted by atomic mass is 16.5. The van der Waals surface area contributed by atoms with E-state index in [2.05, 4.69) is 20.1 Å². The number of carbonyl (C=O) groups excluding carboxylic acids is 4. The fourth-order valence-electron chi connectivity index (χ4n) is 2.17. The van der Waals surface area contributed by atoms with E-state index in [1.807, 2.05) is 0 Å². The molecule has 1 rings (SSSR count). The Kier molecular flexibility index (Phi) is 7.93. The van der Waals surface area contributed by atoms with E-state index in [0.29, 0.717) is 16.9 Å². The number of ether oxygens (including phenoxy) is 2. The van der Waals surface area contributed by atoms with Crippen LogP contribution in [0.5, 0.6) is 0 Å². The van der Waals surface area contributed by atoms with E-state index < -0.39 is 23.8 Å². The molecule has 0 atom stereocenters. The van der Waals surface area contributed by atoms with Gasteiger partial charge in [-0.2, -0.15) is 0 Å². The molecule has 0 saturated heterocycles. The molecule has 8 nitrogen and oxygen atoms in total. The predicted octanol–water partition coefficient (Wildman–Crippen LogP) is 1.95. The summed E-state index contributed by atoms with van der Waals surface area (Å²) in [5.74, 6) is -2.23. The van der Waals surface area contributed by atoms with Gasteiger partial charge in [-0.3, -0.25) is 9.59 Å². The second-order valence-electron chi connectivity index (χ2n) is 5.56. The Morgan fingerprint density at radius 2 is 1.26 bits per heavy atom. The van der Waals surface area contributed by atoms with Crippen molar-refractivity contribution in [3.63, 3.8) is 0 Å². The lowest BCUT2D eigenvalue weighted by Gasteiger charge is -2.17. The third-order valence-corrected chi connectivity index (χ3v) is 3.75. The van der Waals surface area contributed by atoms with Gasteiger partial charge in [0.1, 0.15) is 0 Å². The minimum atomic E-state index is -0.632. The summed E-state index contributed by atoms with van der Waals surface area (Å²) in [5.41, 5.74) is 3.34. The third-order valence-electron chi connectivity index (χ3n) is 3.75. The van der Waals surface area contributed by atoms with Crippen LogP contribution in [0.2, 0.25) is 0 Å². The van der Waals surface area contributed by atoms with Gasteiger partial charge in [-0.15, -0.1) is 0 Å². The van der Waals surface area contributed by atoms with Crippen LogP contribution in [-0.4, -0.2) is 38.0 Å². The molecule has 2 N–H and O–H groups in total. The standard InChI is InChI=1S/C19H22N2O6/c1-11-10-14(20-15(22)6-8-17(24)26-4)12(2)13(3)19(11)21-16(23)7-9-18(25)27-5/h6-10H,1-5H3,(H,20,22)(H,21,23)/b8-6-,9-7-. The van der Waals surface area contributed by atoms with Crippen LogP contribution in [0.1, 0.15) is 16.7 Å². The van der Waals surface area contributed by atoms with Crippen molar-refractivity contribution in [2.24, 2.45) is 0 Å². The molecule has 1 aromatic carbocycles. The Hall–Kier alpha value is -3.42. The molecular weight excluding hydrogens is 352 g/mol. The number of nitrogens with one attached hydrogen (secondary N) is 2. The first kappa shape index (κ1) is 21.6. The molecule has 1 aromatic rings. The van der Waals surface area contributed by atoms with Gasteiger partial charge in [0.25, 0.3) is 0 Å². The number of rotatable bonds is 6. The molecule has 0 saturated carbocycles. The lowest BCUT2D eigenvalue weighted by atomic mass is 10.0. The average Bonchev–Trinajstić information content (AvgIpc) is 2.65. The monoisotopic (exact) mass is 374 g/mol. The summed E-state index contributed by atoms with van der Waals surface area (Å²) in [5, 5.41) is 5.38. The number of methoxy groups -OCH3 is 2. The molecule has 0 bridgehead atoms. The second kappa shape index (κ2) is 9.91. The van der Waals surface area contributed by atoms with Gasteiger partial charge in [0.05, 0.1) is 14.2 Å². The highest BCUT2D eigenvalue weighted by Gasteiger charge is 2.13. The van der Waals surface area contributed by atoms with E-state index in [0.717, 1.165) is 35.4 Å². The van der Waals surface area contributed by atoms with Crippen LogP contribution in [0.3, 0.4) is 0 Å². The quantitative estimate of drug-likeness (QED) is 0.582. The summed E-state index contributed by atoms with van der Waals surface area (Å²) in [6.07, 6.45) is 4.19. The zero-order chi connectivity index (χ0) is 20.6. The van der Waals surface area contributed by atoms with Gasteiger partial charge in [-0.25, -0.2) is 9.59 Å². The van der Waals surface area contributed by atoms with Crippen molar-refractivity contribution in [1.29, 1.82) is 0 Å². The summed E-state index contributed by atoms with van der Waals surface area (Å²) >= 11 is 0. The molecule has 0 aliphatic rings. The maximum Gasteiger partial charge on any atom is 0.330 e. The molecule has 0 spiro atoms. The molecule has 0 aliphatic heterocycles. The highest BCUT2D eigenvalue weighted by Crippen LogP contribution is 2.30. The van der Waals surface area contributed by atoms with Crippen LogP contribution < -0.4 is 10.6 Å². The van der Waals surface area contributed by atoms with Crippen LogP contribution in [0.4, 0.5) is 11.4 Å². The van der Waals surface area contributed by atoms with Crippen LogP contribution in [0.25, 0.3) is 0 Å². The van der Waals surface area contributed by atoms with E-state index in [4.69, 9.17) is 0 Å². The number of esters is 2. The Morgan fingerprint density at radius 1 is 0.778 bits per heavy atom. The second-order valence-corrected chi connectivity index (χ2v) is 5.56. The first-order valence-electron chi connectivity index (χ1n) is 7.94. The van der Waals surface area contributed by atoms with Crippen molar-refractivity contribution < 1.29 is 28.7 Å². The van der Waals surface area contributed by atoms with Crippen molar-refractivity contribution in [2.75, 3.05) is 24.9 Å². The molecular formula is C19H22N2O6. The summed E-state index contributed by atoms with van der Waals surface area (Å²) in [7, 11) is 2.43. The number of hydrogen-bond acceptors (Lipinski definition) is 6. The zero-order valence-corrected chi connectivity index (χ0v) is 15.8. The summed E-state index contributed by atoms with van der Waals surface area (Å²) in [6, 6.07) is 1.70. The topological polar surface area (TPSA) is 111 Å². The van der Waals surface area contributed by atoms with E-state index in [-0.39, 0.29) is 0 Å². The van der Waals surface area contributed by atoms with Crippen LogP contribution in [0.15, 0.2) is 30.4 Å². The number of hydrogen-bond donors (Lipinski definition) is 2. The molecule has 0 fully saturated rings. The summed E-state index contributed by atoms with van der Waals surface area (Å²) < 4.78 is 8.86. The van der Waals surface area contributed by atoms with E-state index in [1.54, 1.807) is 26.8 Å². The SMILES string of the molecule is COC(=O)/C=C\C(=O)Nc1cc(C)c(NC(=O)/C=C\C(=O)OC)c(C)c1C. The van der Waals surface area contributed by atoms with E-state index in [1.165, 1.54) is 14.2 Å². The van der Waals surface area contributed by atoms with Gasteiger partial charge >= 0.3 is 11.9 Å². The van der Waals surface area contributed by atoms with Gasteiger partial charge < -0.3 is 20.1 Å². The lowest BCUT2D eigenvalue weighted by molar-refractivity contribution is -0.135. The maximum atomic E-state index is 12.0. The Labute approximate surface area is 157 Å². The maximum absolute atomic E-state index is 12.0. The van der Waals surface area contributed by atoms with Gasteiger partial charge in [0.2, 0.25) is 11.8 Å². The first-order chi connectivity index (χ1) is 12.7. The number of anilines is 2. The van der Waals surface area contributed by atoms with Gasteiger partial charge in [-0.1, -0.05) is 0 Å². The fourth-order valence-corrected chi connectivity index (χ4v) is 2.17. The van der Waals surface area contributed by atoms with Crippen LogP contribution in [-0.2, 0) is 28.7 Å². The molecule has 0 aromatic heterocycles. The summed E-state index contributed by atoms with van der Waals surface area (Å²) in [6.45, 7) is 5.35. The molecule has 0 aliphatic carbocycles. The van der Waals surface area contributed by atoms with Crippen molar-refractivity contribution in [3.8, 4) is 0 Å². The number of amides is 2. The minimum absolute atomic E-state index is 0.483. The Balaban J connectivity index is 2.99. The van der Waals surface area contributed by atoms with Gasteiger partial charge in [0, 0.05) is 35.7 Å². The van der Waals surface area contributed by atoms with Crippen molar-refractivity contribution >= 4 is 35.1 Å². The van der Waals surface area contributed by atoms with E-state index >= 15 is 0 Å². The average molecular weight is 374 g/mol. The van der Waals surface area contributed by atoms with Gasteiger partial charge in [-0.05, 0) is 43.5 Å². The van der Waals surface area contributed by atoms with Gasteiger partial charge in [0.15, 0.2) is 0 Å². The minimum Gasteiger partial charge on any atom is -0.466 e. The molecule has 8 heteroatoms. The number of benzene rings is 1. The largest absolute Gasteiger partial charge is 0.466 e. The molecule has 144 valence electrons. The molecule has 0 unspecified atom stereocenters. The Morgan fingerprint density at radius 3 is 1.74 bits per heavy atom. The lowest BCUT2D eigenvalue weighted by Crippen LogP contribution is -2.14. The van der Waals surface area contributed by atoms with Crippen molar-refractivity contribution in [2.45, 2.75) is 20.8 Å². The fraction of sp³-hybridized carbons (Fsp3) is 0.263. The number of aryl methyl sites for hydroxylation is 1. The molecule has 0 radical (unpaired) electrons. The van der Waals surface area contributed by atoms with E-state index in [9.17, 15) is 19.2 Å². The van der Waals surface area contributed by atoms with Crippen LogP contribution in [0, 0.1) is 20.8 Å². The smallest absolute Gasteiger partial charge is 0.330 e.